The van der Waals surface area contributed by atoms with Gasteiger partial charge in [-0.15, -0.1) is 0 Å². The second-order valence-electron chi connectivity index (χ2n) is 5.89. The van der Waals surface area contributed by atoms with Crippen LogP contribution in [-0.2, 0) is 14.8 Å². The smallest absolute Gasteiger partial charge is 0.258 e. The van der Waals surface area contributed by atoms with Gasteiger partial charge in [0, 0.05) is 18.6 Å². The predicted molar refractivity (Wildman–Crippen MR) is 104 cm³/mol. The minimum atomic E-state index is -3.48. The zero-order valence-electron chi connectivity index (χ0n) is 14.8. The van der Waals surface area contributed by atoms with Gasteiger partial charge in [-0.2, -0.15) is 0 Å². The molecule has 2 aromatic rings. The van der Waals surface area contributed by atoms with E-state index in [0.717, 1.165) is 14.3 Å². The summed E-state index contributed by atoms with van der Waals surface area (Å²) in [7, 11) is -0.542. The number of nitrogens with one attached hydrogen (secondary N) is 1. The zero-order chi connectivity index (χ0) is 19.3. The van der Waals surface area contributed by atoms with Crippen molar-refractivity contribution in [3.63, 3.8) is 0 Å². The lowest BCUT2D eigenvalue weighted by atomic mass is 10.1. The van der Waals surface area contributed by atoms with Gasteiger partial charge in [0.2, 0.25) is 10.0 Å². The van der Waals surface area contributed by atoms with Crippen LogP contribution in [0.5, 0.6) is 5.75 Å². The quantitative estimate of drug-likeness (QED) is 0.717. The summed E-state index contributed by atoms with van der Waals surface area (Å²) in [5.41, 5.74) is 0.986. The van der Waals surface area contributed by atoms with E-state index >= 15 is 0 Å². The average Bonchev–Trinajstić information content (AvgIpc) is 2.60. The van der Waals surface area contributed by atoms with Crippen molar-refractivity contribution in [1.82, 2.24) is 9.62 Å². The van der Waals surface area contributed by atoms with E-state index in [1.54, 1.807) is 0 Å². The third-order valence-corrected chi connectivity index (χ3v) is 6.08. The van der Waals surface area contributed by atoms with E-state index in [1.165, 1.54) is 38.4 Å². The first-order valence-corrected chi connectivity index (χ1v) is 10.1. The Balaban J connectivity index is 1.90. The number of sulfonamides is 1. The summed E-state index contributed by atoms with van der Waals surface area (Å²) in [5, 5.41) is 2.85. The summed E-state index contributed by atoms with van der Waals surface area (Å²) in [5.74, 6) is 0.166. The van der Waals surface area contributed by atoms with E-state index < -0.39 is 10.0 Å². The number of hydrogen-bond donors (Lipinski definition) is 1. The molecule has 0 bridgehead atoms. The lowest BCUT2D eigenvalue weighted by Gasteiger charge is -2.15. The maximum Gasteiger partial charge on any atom is 0.258 e. The summed E-state index contributed by atoms with van der Waals surface area (Å²) in [6.07, 6.45) is 0. The number of hydrogen-bond acceptors (Lipinski definition) is 4. The Bertz CT molecular complexity index is 850. The normalized spacial score (nSPS) is 12.7. The molecule has 0 aliphatic heterocycles. The molecule has 0 spiro atoms. The third-order valence-electron chi connectivity index (χ3n) is 3.72. The van der Waals surface area contributed by atoms with E-state index in [-0.39, 0.29) is 23.5 Å². The second kappa shape index (κ2) is 8.66. The third kappa shape index (κ3) is 5.30. The summed E-state index contributed by atoms with van der Waals surface area (Å²) in [6, 6.07) is 13.5. The lowest BCUT2D eigenvalue weighted by Crippen LogP contribution is -2.31. The Kier molecular flexibility index (Phi) is 6.80. The number of nitrogens with zero attached hydrogens (tertiary/aromatic N) is 1. The van der Waals surface area contributed by atoms with Crippen LogP contribution in [-0.4, -0.2) is 39.3 Å². The van der Waals surface area contributed by atoms with Crippen molar-refractivity contribution in [1.29, 1.82) is 0 Å². The topological polar surface area (TPSA) is 75.7 Å². The molecule has 0 unspecified atom stereocenters. The Morgan fingerprint density at radius 1 is 1.12 bits per heavy atom. The molecule has 0 heterocycles. The largest absolute Gasteiger partial charge is 0.484 e. The first-order chi connectivity index (χ1) is 12.2. The molecule has 0 aliphatic rings. The van der Waals surface area contributed by atoms with Crippen molar-refractivity contribution in [2.24, 2.45) is 0 Å². The fourth-order valence-electron chi connectivity index (χ4n) is 2.19. The molecular weight excluding hydrogens is 420 g/mol. The molecule has 2 rings (SSSR count). The number of amides is 1. The first-order valence-electron chi connectivity index (χ1n) is 7.90. The number of rotatable bonds is 7. The van der Waals surface area contributed by atoms with Gasteiger partial charge in [-0.1, -0.05) is 28.1 Å². The average molecular weight is 441 g/mol. The van der Waals surface area contributed by atoms with Gasteiger partial charge in [-0.3, -0.25) is 4.79 Å². The summed E-state index contributed by atoms with van der Waals surface area (Å²) < 4.78 is 31.5. The monoisotopic (exact) mass is 440 g/mol. The number of carbonyl (C=O) groups is 1. The molecule has 26 heavy (non-hydrogen) atoms. The lowest BCUT2D eigenvalue weighted by molar-refractivity contribution is -0.123. The van der Waals surface area contributed by atoms with Crippen LogP contribution in [0.3, 0.4) is 0 Å². The van der Waals surface area contributed by atoms with Crippen LogP contribution in [0.2, 0.25) is 0 Å². The van der Waals surface area contributed by atoms with Gasteiger partial charge in [0.25, 0.3) is 5.91 Å². The maximum absolute atomic E-state index is 12.0. The molecule has 1 amide bonds. The number of ether oxygens (including phenoxy) is 1. The van der Waals surface area contributed by atoms with Crippen molar-refractivity contribution in [3.8, 4) is 5.75 Å². The predicted octanol–water partition coefficient (Wildman–Crippen LogP) is 2.96. The Morgan fingerprint density at radius 2 is 1.69 bits per heavy atom. The summed E-state index contributed by atoms with van der Waals surface area (Å²) in [6.45, 7) is 1.74. The van der Waals surface area contributed by atoms with Crippen LogP contribution in [0.15, 0.2) is 57.9 Å². The molecule has 6 nitrogen and oxygen atoms in total. The molecule has 1 atom stereocenters. The summed E-state index contributed by atoms with van der Waals surface area (Å²) in [4.78, 5) is 12.2. The van der Waals surface area contributed by atoms with E-state index in [0.29, 0.717) is 5.75 Å². The van der Waals surface area contributed by atoms with Gasteiger partial charge in [0.15, 0.2) is 6.61 Å². The molecule has 0 fully saturated rings. The van der Waals surface area contributed by atoms with Crippen LogP contribution in [0.1, 0.15) is 18.5 Å². The molecule has 0 saturated heterocycles. The molecular formula is C18H21BrN2O4S. The molecule has 0 aromatic heterocycles. The Hall–Kier alpha value is -1.90. The number of halogens is 1. The van der Waals surface area contributed by atoms with Gasteiger partial charge in [0.1, 0.15) is 5.75 Å². The molecule has 8 heteroatoms. The van der Waals surface area contributed by atoms with Gasteiger partial charge in [0.05, 0.1) is 10.9 Å². The fraction of sp³-hybridized carbons (Fsp3) is 0.278. The Morgan fingerprint density at radius 3 is 2.23 bits per heavy atom. The molecule has 0 saturated carbocycles. The molecule has 140 valence electrons. The summed E-state index contributed by atoms with van der Waals surface area (Å²) >= 11 is 3.37. The van der Waals surface area contributed by atoms with E-state index in [9.17, 15) is 13.2 Å². The van der Waals surface area contributed by atoms with Gasteiger partial charge < -0.3 is 10.1 Å². The minimum Gasteiger partial charge on any atom is -0.484 e. The standard InChI is InChI=1S/C18H21BrN2O4S/c1-13(14-4-6-15(19)7-5-14)20-18(22)12-25-16-8-10-17(11-9-16)26(23,24)21(2)3/h4-11,13H,12H2,1-3H3,(H,20,22)/t13-/m0/s1. The van der Waals surface area contributed by atoms with Crippen molar-refractivity contribution >= 4 is 31.9 Å². The van der Waals surface area contributed by atoms with E-state index in [2.05, 4.69) is 21.2 Å². The maximum atomic E-state index is 12.0. The highest BCUT2D eigenvalue weighted by molar-refractivity contribution is 9.10. The minimum absolute atomic E-state index is 0.146. The van der Waals surface area contributed by atoms with E-state index in [4.69, 9.17) is 4.74 Å². The van der Waals surface area contributed by atoms with Crippen molar-refractivity contribution in [3.05, 3.63) is 58.6 Å². The van der Waals surface area contributed by atoms with Crippen molar-refractivity contribution < 1.29 is 17.9 Å². The molecule has 1 N–H and O–H groups in total. The van der Waals surface area contributed by atoms with Crippen molar-refractivity contribution in [2.45, 2.75) is 17.9 Å². The fourth-order valence-corrected chi connectivity index (χ4v) is 3.35. The van der Waals surface area contributed by atoms with Gasteiger partial charge in [-0.05, 0) is 48.9 Å². The highest BCUT2D eigenvalue weighted by Gasteiger charge is 2.17. The van der Waals surface area contributed by atoms with Gasteiger partial charge in [-0.25, -0.2) is 12.7 Å². The first kappa shape index (κ1) is 20.4. The van der Waals surface area contributed by atoms with Crippen LogP contribution in [0.25, 0.3) is 0 Å². The number of benzene rings is 2. The molecule has 2 aromatic carbocycles. The SMILES string of the molecule is C[C@H](NC(=O)COc1ccc(S(=O)(=O)N(C)C)cc1)c1ccc(Br)cc1. The highest BCUT2D eigenvalue weighted by atomic mass is 79.9. The van der Waals surface area contributed by atoms with Crippen LogP contribution in [0.4, 0.5) is 0 Å². The van der Waals surface area contributed by atoms with Gasteiger partial charge >= 0.3 is 0 Å². The van der Waals surface area contributed by atoms with Crippen LogP contribution in [0, 0.1) is 0 Å². The van der Waals surface area contributed by atoms with E-state index in [1.807, 2.05) is 31.2 Å². The second-order valence-corrected chi connectivity index (χ2v) is 8.96. The Labute approximate surface area is 162 Å². The zero-order valence-corrected chi connectivity index (χ0v) is 17.2. The molecule has 0 aliphatic carbocycles. The van der Waals surface area contributed by atoms with Crippen molar-refractivity contribution in [2.75, 3.05) is 20.7 Å². The number of carbonyl (C=O) groups excluding carboxylic acids is 1. The highest BCUT2D eigenvalue weighted by Crippen LogP contribution is 2.19. The van der Waals surface area contributed by atoms with Crippen LogP contribution >= 0.6 is 15.9 Å². The van der Waals surface area contributed by atoms with Crippen LogP contribution < -0.4 is 10.1 Å². The molecule has 0 radical (unpaired) electrons.